The molecule has 1 saturated heterocycles. The van der Waals surface area contributed by atoms with E-state index in [0.29, 0.717) is 24.9 Å². The number of rotatable bonds is 4. The lowest BCUT2D eigenvalue weighted by molar-refractivity contribution is -0.124. The molecule has 8 nitrogen and oxygen atoms in total. The van der Waals surface area contributed by atoms with Crippen LogP contribution in [0.4, 0.5) is 0 Å². The Labute approximate surface area is 144 Å². The van der Waals surface area contributed by atoms with Crippen LogP contribution in [0.1, 0.15) is 25.7 Å². The Kier molecular flexibility index (Phi) is 3.73. The van der Waals surface area contributed by atoms with Crippen molar-refractivity contribution in [2.24, 2.45) is 7.05 Å². The van der Waals surface area contributed by atoms with Gasteiger partial charge in [-0.25, -0.2) is 13.2 Å². The maximum Gasteiger partial charge on any atom is 0.419 e. The summed E-state index contributed by atoms with van der Waals surface area (Å²) in [6, 6.07) is 3.85. The monoisotopic (exact) mass is 365 g/mol. The first-order valence-electron chi connectivity index (χ1n) is 8.30. The Morgan fingerprint density at radius 3 is 2.76 bits per heavy atom. The zero-order valence-corrected chi connectivity index (χ0v) is 14.6. The standard InChI is InChI=1S/C16H19N3O5S/c1-18-12-7-6-11(9-14(12)24-16(18)21)25(22,23)19-8-2-3-13(19)15(20)17-10-4-5-10/h6-7,9-10,13H,2-5,8H2,1H3,(H,17,20). The lowest BCUT2D eigenvalue weighted by atomic mass is 10.2. The minimum absolute atomic E-state index is 0.0282. The average molecular weight is 365 g/mol. The van der Waals surface area contributed by atoms with Gasteiger partial charge in [-0.05, 0) is 37.8 Å². The van der Waals surface area contributed by atoms with E-state index in [0.717, 1.165) is 12.8 Å². The molecule has 2 aromatic rings. The van der Waals surface area contributed by atoms with Crippen molar-refractivity contribution < 1.29 is 17.6 Å². The highest BCUT2D eigenvalue weighted by molar-refractivity contribution is 7.89. The van der Waals surface area contributed by atoms with Crippen LogP contribution >= 0.6 is 0 Å². The molecule has 1 aliphatic heterocycles. The summed E-state index contributed by atoms with van der Waals surface area (Å²) in [5.41, 5.74) is 0.736. The molecule has 2 aliphatic rings. The van der Waals surface area contributed by atoms with Gasteiger partial charge in [-0.2, -0.15) is 4.31 Å². The minimum atomic E-state index is -3.84. The molecule has 4 rings (SSSR count). The molecular weight excluding hydrogens is 346 g/mol. The number of amides is 1. The fourth-order valence-corrected chi connectivity index (χ4v) is 4.90. The van der Waals surface area contributed by atoms with Gasteiger partial charge >= 0.3 is 5.76 Å². The third-order valence-electron chi connectivity index (χ3n) is 4.80. The van der Waals surface area contributed by atoms with Crippen LogP contribution in [0.3, 0.4) is 0 Å². The van der Waals surface area contributed by atoms with Gasteiger partial charge in [0.2, 0.25) is 15.9 Å². The highest BCUT2D eigenvalue weighted by atomic mass is 32.2. The number of nitrogens with one attached hydrogen (secondary N) is 1. The Morgan fingerprint density at radius 2 is 2.04 bits per heavy atom. The fraction of sp³-hybridized carbons (Fsp3) is 0.500. The first-order chi connectivity index (χ1) is 11.9. The van der Waals surface area contributed by atoms with Gasteiger partial charge in [0.05, 0.1) is 10.4 Å². The van der Waals surface area contributed by atoms with Gasteiger partial charge in [0.25, 0.3) is 0 Å². The van der Waals surface area contributed by atoms with E-state index in [4.69, 9.17) is 4.42 Å². The Morgan fingerprint density at radius 1 is 1.28 bits per heavy atom. The summed E-state index contributed by atoms with van der Waals surface area (Å²) >= 11 is 0. The van der Waals surface area contributed by atoms with E-state index in [9.17, 15) is 18.0 Å². The number of carbonyl (C=O) groups excluding carboxylic acids is 1. The van der Waals surface area contributed by atoms with Crippen LogP contribution in [0.5, 0.6) is 0 Å². The molecule has 9 heteroatoms. The molecular formula is C16H19N3O5S. The van der Waals surface area contributed by atoms with Crippen LogP contribution in [0.2, 0.25) is 0 Å². The Bertz CT molecular complexity index is 1000. The number of hydrogen-bond acceptors (Lipinski definition) is 5. The average Bonchev–Trinajstić information content (AvgIpc) is 3.15. The third kappa shape index (κ3) is 2.77. The number of sulfonamides is 1. The van der Waals surface area contributed by atoms with E-state index in [1.807, 2.05) is 0 Å². The number of benzene rings is 1. The molecule has 0 bridgehead atoms. The van der Waals surface area contributed by atoms with E-state index in [1.54, 1.807) is 13.1 Å². The zero-order valence-electron chi connectivity index (χ0n) is 13.8. The van der Waals surface area contributed by atoms with Gasteiger partial charge in [-0.3, -0.25) is 9.36 Å². The van der Waals surface area contributed by atoms with Crippen molar-refractivity contribution in [1.82, 2.24) is 14.2 Å². The van der Waals surface area contributed by atoms with Crippen molar-refractivity contribution in [2.45, 2.75) is 42.7 Å². The zero-order chi connectivity index (χ0) is 17.8. The quantitative estimate of drug-likeness (QED) is 0.853. The highest BCUT2D eigenvalue weighted by Crippen LogP contribution is 2.29. The van der Waals surface area contributed by atoms with E-state index in [1.165, 1.54) is 21.0 Å². The Hall–Kier alpha value is -2.13. The predicted molar refractivity (Wildman–Crippen MR) is 89.5 cm³/mol. The maximum absolute atomic E-state index is 13.0. The van der Waals surface area contributed by atoms with E-state index in [-0.39, 0.29) is 22.4 Å². The number of oxazole rings is 1. The van der Waals surface area contributed by atoms with Gasteiger partial charge in [0, 0.05) is 25.7 Å². The van der Waals surface area contributed by atoms with Gasteiger partial charge in [-0.15, -0.1) is 0 Å². The fourth-order valence-electron chi connectivity index (χ4n) is 3.22. The Balaban J connectivity index is 1.68. The second-order valence-corrected chi connectivity index (χ2v) is 8.50. The molecule has 25 heavy (non-hydrogen) atoms. The molecule has 0 spiro atoms. The number of nitrogens with zero attached hydrogens (tertiary/aromatic N) is 2. The molecule has 1 unspecified atom stereocenters. The number of hydrogen-bond donors (Lipinski definition) is 1. The summed E-state index contributed by atoms with van der Waals surface area (Å²) in [6.45, 7) is 0.307. The number of aryl methyl sites for hydroxylation is 1. The summed E-state index contributed by atoms with van der Waals surface area (Å²) in [7, 11) is -2.29. The molecule has 1 atom stereocenters. The van der Waals surface area contributed by atoms with Crippen molar-refractivity contribution >= 4 is 27.0 Å². The number of aromatic nitrogens is 1. The second-order valence-electron chi connectivity index (χ2n) is 6.61. The molecule has 1 aromatic carbocycles. The summed E-state index contributed by atoms with van der Waals surface area (Å²) < 4.78 is 33.7. The molecule has 1 N–H and O–H groups in total. The minimum Gasteiger partial charge on any atom is -0.408 e. The maximum atomic E-state index is 13.0. The third-order valence-corrected chi connectivity index (χ3v) is 6.70. The summed E-state index contributed by atoms with van der Waals surface area (Å²) in [5.74, 6) is -0.775. The van der Waals surface area contributed by atoms with Crippen molar-refractivity contribution in [3.8, 4) is 0 Å². The summed E-state index contributed by atoms with van der Waals surface area (Å²) in [5, 5.41) is 2.88. The summed E-state index contributed by atoms with van der Waals surface area (Å²) in [6.07, 6.45) is 3.06. The van der Waals surface area contributed by atoms with Crippen LogP contribution < -0.4 is 11.1 Å². The SMILES string of the molecule is Cn1c(=O)oc2cc(S(=O)(=O)N3CCCC3C(=O)NC3CC3)ccc21. The van der Waals surface area contributed by atoms with Crippen LogP contribution in [0, 0.1) is 0 Å². The summed E-state index contributed by atoms with van der Waals surface area (Å²) in [4.78, 5) is 24.0. The molecule has 1 aromatic heterocycles. The molecule has 2 heterocycles. The number of carbonyl (C=O) groups is 1. The largest absolute Gasteiger partial charge is 0.419 e. The molecule has 1 saturated carbocycles. The first-order valence-corrected chi connectivity index (χ1v) is 9.74. The van der Waals surface area contributed by atoms with E-state index in [2.05, 4.69) is 5.32 Å². The van der Waals surface area contributed by atoms with Crippen molar-refractivity contribution in [1.29, 1.82) is 0 Å². The predicted octanol–water partition coefficient (Wildman–Crippen LogP) is 0.563. The lowest BCUT2D eigenvalue weighted by Gasteiger charge is -2.23. The topological polar surface area (TPSA) is 102 Å². The lowest BCUT2D eigenvalue weighted by Crippen LogP contribution is -2.46. The van der Waals surface area contributed by atoms with Crippen molar-refractivity contribution in [3.63, 3.8) is 0 Å². The van der Waals surface area contributed by atoms with Crippen molar-refractivity contribution in [2.75, 3.05) is 6.54 Å². The smallest absolute Gasteiger partial charge is 0.408 e. The second kappa shape index (κ2) is 5.70. The van der Waals surface area contributed by atoms with Crippen molar-refractivity contribution in [3.05, 3.63) is 28.7 Å². The van der Waals surface area contributed by atoms with Crippen LogP contribution in [-0.2, 0) is 21.9 Å². The van der Waals surface area contributed by atoms with Gasteiger partial charge in [0.15, 0.2) is 5.58 Å². The molecule has 134 valence electrons. The molecule has 1 amide bonds. The highest BCUT2D eigenvalue weighted by Gasteiger charge is 2.41. The van der Waals surface area contributed by atoms with Gasteiger partial charge in [-0.1, -0.05) is 0 Å². The van der Waals surface area contributed by atoms with E-state index < -0.39 is 21.8 Å². The van der Waals surface area contributed by atoms with Crippen LogP contribution in [0.25, 0.3) is 11.1 Å². The van der Waals surface area contributed by atoms with Gasteiger partial charge in [0.1, 0.15) is 6.04 Å². The molecule has 0 radical (unpaired) electrons. The van der Waals surface area contributed by atoms with Crippen LogP contribution in [-0.4, -0.2) is 41.8 Å². The normalized spacial score (nSPS) is 21.7. The van der Waals surface area contributed by atoms with E-state index >= 15 is 0 Å². The molecule has 2 fully saturated rings. The first kappa shape index (κ1) is 16.3. The number of fused-ring (bicyclic) bond motifs is 1. The van der Waals surface area contributed by atoms with Gasteiger partial charge < -0.3 is 9.73 Å². The van der Waals surface area contributed by atoms with Crippen LogP contribution in [0.15, 0.2) is 32.3 Å². The molecule has 1 aliphatic carbocycles.